The van der Waals surface area contributed by atoms with Gasteiger partial charge in [-0.2, -0.15) is 0 Å². The molecule has 2 aromatic rings. The van der Waals surface area contributed by atoms with Crippen molar-refractivity contribution in [3.05, 3.63) is 65.5 Å². The predicted octanol–water partition coefficient (Wildman–Crippen LogP) is 4.64. The molecule has 2 atom stereocenters. The molecule has 1 amide bonds. The van der Waals surface area contributed by atoms with Crippen molar-refractivity contribution in [3.8, 4) is 0 Å². The Balaban J connectivity index is 1.36. The number of likely N-dealkylation sites (tertiary alicyclic amines) is 1. The molecule has 0 aliphatic carbocycles. The highest BCUT2D eigenvalue weighted by Crippen LogP contribution is 2.45. The van der Waals surface area contributed by atoms with E-state index in [2.05, 4.69) is 5.32 Å². The van der Waals surface area contributed by atoms with Crippen LogP contribution in [0.1, 0.15) is 41.6 Å². The number of rotatable bonds is 5. The lowest BCUT2D eigenvalue weighted by molar-refractivity contribution is -0.0922. The quantitative estimate of drug-likeness (QED) is 0.587. The first kappa shape index (κ1) is 19.5. The number of Topliss-reactive ketones (excluding diaryl/α,β-unsaturated/α-hetero) is 1. The minimum absolute atomic E-state index is 0.0589. The molecule has 0 bridgehead atoms. The lowest BCUT2D eigenvalue weighted by Crippen LogP contribution is -2.51. The van der Waals surface area contributed by atoms with Gasteiger partial charge >= 0.3 is 6.09 Å². The molecular formula is C22H22F2N2O3. The molecule has 29 heavy (non-hydrogen) atoms. The molecule has 1 saturated heterocycles. The summed E-state index contributed by atoms with van der Waals surface area (Å²) in [5.41, 5.74) is 0.959. The number of halogens is 2. The Labute approximate surface area is 167 Å². The van der Waals surface area contributed by atoms with Gasteiger partial charge in [-0.25, -0.2) is 13.6 Å². The fraction of sp³-hybridized carbons (Fsp3) is 0.364. The number of benzene rings is 2. The van der Waals surface area contributed by atoms with E-state index < -0.39 is 18.0 Å². The zero-order chi connectivity index (χ0) is 20.4. The summed E-state index contributed by atoms with van der Waals surface area (Å²) in [6, 6.07) is 12.8. The van der Waals surface area contributed by atoms with Crippen LogP contribution in [-0.4, -0.2) is 36.2 Å². The molecule has 0 aromatic heterocycles. The van der Waals surface area contributed by atoms with Gasteiger partial charge in [-0.05, 0) is 36.8 Å². The zero-order valence-electron chi connectivity index (χ0n) is 15.9. The number of nitrogens with zero attached hydrogens (tertiary/aromatic N) is 1. The minimum atomic E-state index is -1.27. The van der Waals surface area contributed by atoms with Crippen LogP contribution < -0.4 is 5.32 Å². The second-order valence-electron chi connectivity index (χ2n) is 7.51. The summed E-state index contributed by atoms with van der Waals surface area (Å²) in [7, 11) is 0. The van der Waals surface area contributed by atoms with Crippen molar-refractivity contribution in [3.63, 3.8) is 0 Å². The molecule has 7 heteroatoms. The molecule has 2 aromatic carbocycles. The largest absolute Gasteiger partial charge is 0.437 e. The van der Waals surface area contributed by atoms with Crippen molar-refractivity contribution < 1.29 is 23.1 Å². The van der Waals surface area contributed by atoms with Gasteiger partial charge in [-0.1, -0.05) is 18.2 Å². The third-order valence-corrected chi connectivity index (χ3v) is 5.66. The van der Waals surface area contributed by atoms with Gasteiger partial charge in [0.25, 0.3) is 0 Å². The van der Waals surface area contributed by atoms with Crippen molar-refractivity contribution in [1.29, 1.82) is 0 Å². The number of ketones is 1. The Kier molecular flexibility index (Phi) is 5.32. The number of hydrogen-bond donors (Lipinski definition) is 1. The van der Waals surface area contributed by atoms with E-state index in [9.17, 15) is 18.4 Å². The van der Waals surface area contributed by atoms with Crippen LogP contribution in [0.15, 0.2) is 48.5 Å². The molecule has 1 N–H and O–H groups in total. The summed E-state index contributed by atoms with van der Waals surface area (Å²) in [6.07, 6.45) is -0.519. The normalized spacial score (nSPS) is 23.9. The average molecular weight is 400 g/mol. The van der Waals surface area contributed by atoms with Crippen LogP contribution in [0.2, 0.25) is 0 Å². The number of anilines is 1. The van der Waals surface area contributed by atoms with Crippen LogP contribution in [0.3, 0.4) is 0 Å². The van der Waals surface area contributed by atoms with Gasteiger partial charge in [0.1, 0.15) is 11.4 Å². The highest BCUT2D eigenvalue weighted by atomic mass is 19.1. The number of para-hydroxylation sites is 1. The topological polar surface area (TPSA) is 58.6 Å². The SMILES string of the molecule is O=C1Nc2ccccc2C2(CCN(CCCC(=O)c3ccc(F)cc3)C(F)C2)O1. The lowest BCUT2D eigenvalue weighted by Gasteiger charge is -2.45. The Bertz CT molecular complexity index is 919. The maximum absolute atomic E-state index is 15.0. The average Bonchev–Trinajstić information content (AvgIpc) is 2.70. The number of ether oxygens (including phenoxy) is 1. The summed E-state index contributed by atoms with van der Waals surface area (Å²) >= 11 is 0. The molecule has 4 rings (SSSR count). The zero-order valence-corrected chi connectivity index (χ0v) is 15.9. The third kappa shape index (κ3) is 4.00. The molecule has 2 unspecified atom stereocenters. The van der Waals surface area contributed by atoms with Crippen molar-refractivity contribution in [1.82, 2.24) is 4.90 Å². The second-order valence-corrected chi connectivity index (χ2v) is 7.51. The molecule has 1 fully saturated rings. The summed E-state index contributed by atoms with van der Waals surface area (Å²) in [6.45, 7) is 0.853. The van der Waals surface area contributed by atoms with E-state index in [-0.39, 0.29) is 24.4 Å². The molecular weight excluding hydrogens is 378 g/mol. The van der Waals surface area contributed by atoms with Crippen LogP contribution in [0.4, 0.5) is 19.3 Å². The Morgan fingerprint density at radius 3 is 2.72 bits per heavy atom. The summed E-state index contributed by atoms with van der Waals surface area (Å²) in [5.74, 6) is -0.473. The van der Waals surface area contributed by atoms with Gasteiger partial charge in [0.2, 0.25) is 0 Å². The van der Waals surface area contributed by atoms with Crippen molar-refractivity contribution in [2.45, 2.75) is 37.6 Å². The number of alkyl halides is 1. The molecule has 2 aliphatic heterocycles. The van der Waals surface area contributed by atoms with E-state index in [4.69, 9.17) is 4.74 Å². The number of hydrogen-bond acceptors (Lipinski definition) is 4. The highest BCUT2D eigenvalue weighted by molar-refractivity contribution is 5.96. The summed E-state index contributed by atoms with van der Waals surface area (Å²) in [5, 5.41) is 2.67. The van der Waals surface area contributed by atoms with Crippen molar-refractivity contribution in [2.75, 3.05) is 18.4 Å². The molecule has 0 radical (unpaired) electrons. The van der Waals surface area contributed by atoms with Crippen molar-refractivity contribution >= 4 is 17.6 Å². The maximum atomic E-state index is 15.0. The third-order valence-electron chi connectivity index (χ3n) is 5.66. The van der Waals surface area contributed by atoms with E-state index in [1.165, 1.54) is 24.3 Å². The van der Waals surface area contributed by atoms with Crippen molar-refractivity contribution in [2.24, 2.45) is 0 Å². The van der Waals surface area contributed by atoms with Gasteiger partial charge in [0, 0.05) is 43.5 Å². The lowest BCUT2D eigenvalue weighted by atomic mass is 9.81. The van der Waals surface area contributed by atoms with E-state index >= 15 is 0 Å². The smallest absolute Gasteiger partial charge is 0.412 e. The summed E-state index contributed by atoms with van der Waals surface area (Å²) < 4.78 is 33.5. The van der Waals surface area contributed by atoms with E-state index in [1.54, 1.807) is 11.0 Å². The van der Waals surface area contributed by atoms with E-state index in [1.807, 2.05) is 18.2 Å². The fourth-order valence-electron chi connectivity index (χ4n) is 4.14. The van der Waals surface area contributed by atoms with Gasteiger partial charge in [-0.3, -0.25) is 15.0 Å². The molecule has 0 saturated carbocycles. The van der Waals surface area contributed by atoms with Gasteiger partial charge in [0.15, 0.2) is 12.1 Å². The Hall–Kier alpha value is -2.80. The Morgan fingerprint density at radius 1 is 1.21 bits per heavy atom. The first-order valence-corrected chi connectivity index (χ1v) is 9.73. The molecule has 2 aliphatic rings. The second kappa shape index (κ2) is 7.91. The van der Waals surface area contributed by atoms with Crippen LogP contribution in [0.25, 0.3) is 0 Å². The monoisotopic (exact) mass is 400 g/mol. The molecule has 1 spiro atoms. The summed E-state index contributed by atoms with van der Waals surface area (Å²) in [4.78, 5) is 25.8. The van der Waals surface area contributed by atoms with Crippen LogP contribution in [0.5, 0.6) is 0 Å². The number of piperidine rings is 1. The number of carbonyl (C=O) groups excluding carboxylic acids is 2. The first-order chi connectivity index (χ1) is 14.0. The minimum Gasteiger partial charge on any atom is -0.437 e. The van der Waals surface area contributed by atoms with Gasteiger partial charge in [0.05, 0.1) is 5.69 Å². The predicted molar refractivity (Wildman–Crippen MR) is 104 cm³/mol. The number of amides is 1. The first-order valence-electron chi connectivity index (χ1n) is 9.73. The Morgan fingerprint density at radius 2 is 1.97 bits per heavy atom. The van der Waals surface area contributed by atoms with Gasteiger partial charge in [-0.15, -0.1) is 0 Å². The fourth-order valence-corrected chi connectivity index (χ4v) is 4.14. The van der Waals surface area contributed by atoms with Crippen LogP contribution in [-0.2, 0) is 10.3 Å². The van der Waals surface area contributed by atoms with Crippen LogP contribution >= 0.6 is 0 Å². The molecule has 152 valence electrons. The molecule has 5 nitrogen and oxygen atoms in total. The number of fused-ring (bicyclic) bond motifs is 2. The van der Waals surface area contributed by atoms with Crippen LogP contribution in [0, 0.1) is 5.82 Å². The van der Waals surface area contributed by atoms with E-state index in [0.29, 0.717) is 37.2 Å². The van der Waals surface area contributed by atoms with Gasteiger partial charge < -0.3 is 4.74 Å². The standard InChI is InChI=1S/C22H22F2N2O3/c23-16-9-7-15(8-10-16)19(27)6-3-12-26-13-11-22(14-20(26)24)17-4-1-2-5-18(17)25-21(28)29-22/h1-2,4-5,7-10,20H,3,6,11-14H2,(H,25,28). The highest BCUT2D eigenvalue weighted by Gasteiger charge is 2.47. The molecule has 2 heterocycles. The number of nitrogens with one attached hydrogen (secondary N) is 1. The number of carbonyl (C=O) groups is 2. The van der Waals surface area contributed by atoms with E-state index in [0.717, 1.165) is 5.56 Å². The maximum Gasteiger partial charge on any atom is 0.412 e.